The first kappa shape index (κ1) is 12.9. The second-order valence-electron chi connectivity index (χ2n) is 4.53. The summed E-state index contributed by atoms with van der Waals surface area (Å²) in [5, 5.41) is 0.930. The summed E-state index contributed by atoms with van der Waals surface area (Å²) in [6.45, 7) is 1.69. The van der Waals surface area contributed by atoms with Gasteiger partial charge in [-0.25, -0.2) is 4.39 Å². The lowest BCUT2D eigenvalue weighted by atomic mass is 10.1. The molecule has 0 N–H and O–H groups in total. The summed E-state index contributed by atoms with van der Waals surface area (Å²) < 4.78 is 18.7. The van der Waals surface area contributed by atoms with Crippen molar-refractivity contribution in [3.05, 3.63) is 69.1 Å². The molecule has 1 aromatic heterocycles. The molecule has 3 aromatic rings. The number of halogens is 2. The van der Waals surface area contributed by atoms with Crippen LogP contribution in [-0.4, -0.2) is 0 Å². The summed E-state index contributed by atoms with van der Waals surface area (Å²) in [5.41, 5.74) is 1.47. The van der Waals surface area contributed by atoms with Gasteiger partial charge in [-0.15, -0.1) is 0 Å². The van der Waals surface area contributed by atoms with Crippen LogP contribution in [0.5, 0.6) is 0 Å². The number of hydrogen-bond acceptors (Lipinski definition) is 2. The minimum Gasteiger partial charge on any atom is -0.456 e. The van der Waals surface area contributed by atoms with E-state index in [1.54, 1.807) is 37.3 Å². The number of rotatable bonds is 1. The highest BCUT2D eigenvalue weighted by Crippen LogP contribution is 2.26. The van der Waals surface area contributed by atoms with Crippen LogP contribution in [0.15, 0.2) is 51.7 Å². The molecule has 1 heterocycles. The Labute approximate surface area is 119 Å². The maximum Gasteiger partial charge on any atom is 0.196 e. The third-order valence-corrected chi connectivity index (χ3v) is 3.42. The van der Waals surface area contributed by atoms with Crippen LogP contribution in [0.4, 0.5) is 4.39 Å². The van der Waals surface area contributed by atoms with Gasteiger partial charge in [0.05, 0.1) is 5.39 Å². The minimum atomic E-state index is -0.332. The van der Waals surface area contributed by atoms with Gasteiger partial charge in [-0.3, -0.25) is 4.79 Å². The molecule has 0 bridgehead atoms. The van der Waals surface area contributed by atoms with Gasteiger partial charge in [-0.05, 0) is 49.4 Å². The first-order valence-electron chi connectivity index (χ1n) is 6.05. The van der Waals surface area contributed by atoms with Gasteiger partial charge in [-0.2, -0.15) is 0 Å². The molecule has 0 spiro atoms. The van der Waals surface area contributed by atoms with Crippen LogP contribution in [0, 0.1) is 12.7 Å². The van der Waals surface area contributed by atoms with Gasteiger partial charge in [0.2, 0.25) is 0 Å². The smallest absolute Gasteiger partial charge is 0.196 e. The molecule has 0 atom stereocenters. The molecule has 3 rings (SSSR count). The molecule has 4 heteroatoms. The van der Waals surface area contributed by atoms with Gasteiger partial charge in [-0.1, -0.05) is 11.6 Å². The van der Waals surface area contributed by atoms with Crippen LogP contribution in [0.2, 0.25) is 5.02 Å². The monoisotopic (exact) mass is 288 g/mol. The van der Waals surface area contributed by atoms with Crippen molar-refractivity contribution in [2.24, 2.45) is 0 Å². The van der Waals surface area contributed by atoms with E-state index in [9.17, 15) is 9.18 Å². The molecule has 0 aliphatic carbocycles. The van der Waals surface area contributed by atoms with E-state index in [1.165, 1.54) is 12.1 Å². The fourth-order valence-corrected chi connectivity index (χ4v) is 2.31. The van der Waals surface area contributed by atoms with Gasteiger partial charge in [0, 0.05) is 16.1 Å². The van der Waals surface area contributed by atoms with E-state index in [2.05, 4.69) is 0 Å². The highest BCUT2D eigenvalue weighted by atomic mass is 35.5. The van der Waals surface area contributed by atoms with Crippen molar-refractivity contribution in [2.45, 2.75) is 6.92 Å². The van der Waals surface area contributed by atoms with E-state index in [1.807, 2.05) is 0 Å². The van der Waals surface area contributed by atoms with Gasteiger partial charge >= 0.3 is 0 Å². The Morgan fingerprint density at radius 3 is 2.50 bits per heavy atom. The highest BCUT2D eigenvalue weighted by Gasteiger charge is 2.12. The third-order valence-electron chi connectivity index (χ3n) is 3.19. The zero-order valence-corrected chi connectivity index (χ0v) is 11.4. The first-order valence-corrected chi connectivity index (χ1v) is 6.43. The topological polar surface area (TPSA) is 30.2 Å². The molecule has 0 radical (unpaired) electrons. The van der Waals surface area contributed by atoms with Gasteiger partial charge < -0.3 is 4.42 Å². The summed E-state index contributed by atoms with van der Waals surface area (Å²) in [6.07, 6.45) is 0. The van der Waals surface area contributed by atoms with Crippen LogP contribution >= 0.6 is 11.6 Å². The zero-order chi connectivity index (χ0) is 14.3. The normalized spacial score (nSPS) is 10.9. The molecule has 100 valence electrons. The summed E-state index contributed by atoms with van der Waals surface area (Å²) >= 11 is 5.89. The maximum atomic E-state index is 13.0. The molecular formula is C16H10ClFO2. The first-order chi connectivity index (χ1) is 9.56. The summed E-state index contributed by atoms with van der Waals surface area (Å²) in [5.74, 6) is 0.117. The summed E-state index contributed by atoms with van der Waals surface area (Å²) in [4.78, 5) is 12.3. The van der Waals surface area contributed by atoms with E-state index in [4.69, 9.17) is 16.0 Å². The Balaban J connectivity index is 2.32. The van der Waals surface area contributed by atoms with Gasteiger partial charge in [0.1, 0.15) is 17.2 Å². The van der Waals surface area contributed by atoms with Crippen molar-refractivity contribution >= 4 is 22.6 Å². The lowest BCUT2D eigenvalue weighted by molar-refractivity contribution is 0.611. The van der Waals surface area contributed by atoms with E-state index < -0.39 is 0 Å². The van der Waals surface area contributed by atoms with Crippen molar-refractivity contribution in [1.29, 1.82) is 0 Å². The standard InChI is InChI=1S/C16H10ClFO2/c1-9-15(19)13-8-11(17)4-7-14(13)20-16(9)10-2-5-12(18)6-3-10/h2-8H,1H3. The molecule has 20 heavy (non-hydrogen) atoms. The quantitative estimate of drug-likeness (QED) is 0.657. The Morgan fingerprint density at radius 2 is 1.80 bits per heavy atom. The van der Waals surface area contributed by atoms with Crippen LogP contribution in [0.3, 0.4) is 0 Å². The van der Waals surface area contributed by atoms with Gasteiger partial charge in [0.15, 0.2) is 5.43 Å². The number of fused-ring (bicyclic) bond motifs is 1. The lowest BCUT2D eigenvalue weighted by Crippen LogP contribution is -2.07. The Kier molecular flexibility index (Phi) is 3.07. The molecular weight excluding hydrogens is 279 g/mol. The molecule has 0 saturated carbocycles. The average molecular weight is 289 g/mol. The van der Waals surface area contributed by atoms with E-state index in [0.29, 0.717) is 32.9 Å². The van der Waals surface area contributed by atoms with Crippen molar-refractivity contribution in [1.82, 2.24) is 0 Å². The second kappa shape index (κ2) is 4.76. The maximum absolute atomic E-state index is 13.0. The van der Waals surface area contributed by atoms with Crippen molar-refractivity contribution in [3.63, 3.8) is 0 Å². The Morgan fingerprint density at radius 1 is 1.10 bits per heavy atom. The average Bonchev–Trinajstić information content (AvgIpc) is 2.44. The molecule has 2 nitrogen and oxygen atoms in total. The minimum absolute atomic E-state index is 0.131. The predicted molar refractivity (Wildman–Crippen MR) is 77.6 cm³/mol. The second-order valence-corrected chi connectivity index (χ2v) is 4.97. The number of benzene rings is 2. The van der Waals surface area contributed by atoms with E-state index >= 15 is 0 Å². The SMILES string of the molecule is Cc1c(-c2ccc(F)cc2)oc2ccc(Cl)cc2c1=O. The molecule has 0 aliphatic rings. The lowest BCUT2D eigenvalue weighted by Gasteiger charge is -2.07. The van der Waals surface area contributed by atoms with E-state index in [-0.39, 0.29) is 11.2 Å². The molecule has 2 aromatic carbocycles. The Hall–Kier alpha value is -2.13. The van der Waals surface area contributed by atoms with Crippen LogP contribution in [0.25, 0.3) is 22.3 Å². The van der Waals surface area contributed by atoms with Crippen LogP contribution < -0.4 is 5.43 Å². The zero-order valence-electron chi connectivity index (χ0n) is 10.6. The molecule has 0 fully saturated rings. The summed E-state index contributed by atoms with van der Waals surface area (Å²) in [6, 6.07) is 10.7. The van der Waals surface area contributed by atoms with Gasteiger partial charge in [0.25, 0.3) is 0 Å². The fraction of sp³-hybridized carbons (Fsp3) is 0.0625. The van der Waals surface area contributed by atoms with Crippen molar-refractivity contribution < 1.29 is 8.81 Å². The van der Waals surface area contributed by atoms with Crippen molar-refractivity contribution in [3.8, 4) is 11.3 Å². The summed E-state index contributed by atoms with van der Waals surface area (Å²) in [7, 11) is 0. The molecule has 0 saturated heterocycles. The molecule has 0 aliphatic heterocycles. The largest absolute Gasteiger partial charge is 0.456 e. The molecule has 0 unspecified atom stereocenters. The van der Waals surface area contributed by atoms with E-state index in [0.717, 1.165) is 0 Å². The third kappa shape index (κ3) is 2.10. The van der Waals surface area contributed by atoms with Crippen LogP contribution in [0.1, 0.15) is 5.56 Å². The predicted octanol–water partition coefficient (Wildman–Crippen LogP) is 4.56. The fourth-order valence-electron chi connectivity index (χ4n) is 2.14. The molecule has 0 amide bonds. The van der Waals surface area contributed by atoms with Crippen molar-refractivity contribution in [2.75, 3.05) is 0 Å². The van der Waals surface area contributed by atoms with Crippen LogP contribution in [-0.2, 0) is 0 Å². The Bertz CT molecular complexity index is 851. The highest BCUT2D eigenvalue weighted by molar-refractivity contribution is 6.31. The number of hydrogen-bond donors (Lipinski definition) is 0.